The van der Waals surface area contributed by atoms with Gasteiger partial charge in [0.05, 0.1) is 24.2 Å². The van der Waals surface area contributed by atoms with E-state index in [1.165, 1.54) is 44.6 Å². The van der Waals surface area contributed by atoms with Crippen molar-refractivity contribution in [3.8, 4) is 17.2 Å². The van der Waals surface area contributed by atoms with Gasteiger partial charge in [0.15, 0.2) is 11.5 Å². The quantitative estimate of drug-likeness (QED) is 0.425. The van der Waals surface area contributed by atoms with E-state index in [4.69, 9.17) is 21.1 Å². The van der Waals surface area contributed by atoms with E-state index >= 15 is 0 Å². The number of benzene rings is 2. The molecule has 0 bridgehead atoms. The molecular weight excluding hydrogens is 376 g/mol. The number of nitro benzene ring substituents is 1. The second-order valence-corrected chi connectivity index (χ2v) is 5.77. The summed E-state index contributed by atoms with van der Waals surface area (Å²) in [7, 11) is 2.94. The van der Waals surface area contributed by atoms with Crippen LogP contribution >= 0.6 is 11.6 Å². The molecule has 0 heterocycles. The fourth-order valence-corrected chi connectivity index (χ4v) is 2.57. The van der Waals surface area contributed by atoms with Crippen molar-refractivity contribution in [2.24, 2.45) is 0 Å². The number of phenolic OH excluding ortho intramolecular Hbond substituents is 1. The van der Waals surface area contributed by atoms with E-state index in [1.54, 1.807) is 12.1 Å². The lowest BCUT2D eigenvalue weighted by atomic mass is 10.1. The number of hydrogen-bond acceptors (Lipinski definition) is 6. The molecule has 27 heavy (non-hydrogen) atoms. The van der Waals surface area contributed by atoms with E-state index in [1.807, 2.05) is 0 Å². The Balaban J connectivity index is 2.07. The van der Waals surface area contributed by atoms with Gasteiger partial charge in [0.1, 0.15) is 5.75 Å². The summed E-state index contributed by atoms with van der Waals surface area (Å²) < 4.78 is 10.3. The average molecular weight is 393 g/mol. The minimum atomic E-state index is -0.578. The van der Waals surface area contributed by atoms with Gasteiger partial charge in [-0.15, -0.1) is 0 Å². The number of rotatable bonds is 7. The Bertz CT molecular complexity index is 898. The highest BCUT2D eigenvalue weighted by molar-refractivity contribution is 6.32. The van der Waals surface area contributed by atoms with Crippen molar-refractivity contribution in [2.45, 2.75) is 6.54 Å². The summed E-state index contributed by atoms with van der Waals surface area (Å²) in [4.78, 5) is 22.2. The molecule has 2 aromatic carbocycles. The molecule has 0 fully saturated rings. The number of halogens is 1. The van der Waals surface area contributed by atoms with Gasteiger partial charge in [-0.25, -0.2) is 0 Å². The van der Waals surface area contributed by atoms with E-state index in [-0.39, 0.29) is 23.5 Å². The Morgan fingerprint density at radius 2 is 2.04 bits per heavy atom. The number of ether oxygens (including phenoxy) is 2. The number of phenols is 1. The summed E-state index contributed by atoms with van der Waals surface area (Å²) >= 11 is 6.11. The SMILES string of the molecule is COc1cc(/C=C/C(=O)NCc2cc([N+](=O)[O-])ccc2O)cc(Cl)c1OC. The largest absolute Gasteiger partial charge is 0.508 e. The second kappa shape index (κ2) is 8.91. The van der Waals surface area contributed by atoms with Crippen LogP contribution in [0.2, 0.25) is 5.02 Å². The standard InChI is InChI=1S/C18H17ClN2O6/c1-26-16-8-11(7-14(19)18(16)27-2)3-6-17(23)20-10-12-9-13(21(24)25)4-5-15(12)22/h3-9,22H,10H2,1-2H3,(H,20,23)/b6-3+. The molecule has 2 aromatic rings. The van der Waals surface area contributed by atoms with Crippen molar-refractivity contribution in [3.05, 3.63) is 62.7 Å². The van der Waals surface area contributed by atoms with Crippen molar-refractivity contribution in [2.75, 3.05) is 14.2 Å². The maximum Gasteiger partial charge on any atom is 0.270 e. The van der Waals surface area contributed by atoms with Crippen LogP contribution in [0, 0.1) is 10.1 Å². The third-order valence-electron chi connectivity index (χ3n) is 3.61. The fourth-order valence-electron chi connectivity index (χ4n) is 2.27. The number of nitrogens with one attached hydrogen (secondary N) is 1. The topological polar surface area (TPSA) is 111 Å². The molecule has 142 valence electrons. The van der Waals surface area contributed by atoms with E-state index in [2.05, 4.69) is 5.32 Å². The number of methoxy groups -OCH3 is 2. The molecule has 9 heteroatoms. The van der Waals surface area contributed by atoms with Crippen LogP contribution in [0.15, 0.2) is 36.4 Å². The van der Waals surface area contributed by atoms with Gasteiger partial charge in [-0.3, -0.25) is 14.9 Å². The van der Waals surface area contributed by atoms with E-state index in [0.29, 0.717) is 22.1 Å². The zero-order valence-corrected chi connectivity index (χ0v) is 15.3. The summed E-state index contributed by atoms with van der Waals surface area (Å²) in [6, 6.07) is 6.86. The zero-order chi connectivity index (χ0) is 20.0. The highest BCUT2D eigenvalue weighted by Gasteiger charge is 2.11. The van der Waals surface area contributed by atoms with Crippen molar-refractivity contribution >= 4 is 29.3 Å². The van der Waals surface area contributed by atoms with Crippen LogP contribution < -0.4 is 14.8 Å². The molecule has 0 radical (unpaired) electrons. The average Bonchev–Trinajstić information content (AvgIpc) is 2.64. The number of aromatic hydroxyl groups is 1. The Hall–Kier alpha value is -3.26. The van der Waals surface area contributed by atoms with E-state index in [9.17, 15) is 20.0 Å². The van der Waals surface area contributed by atoms with Gasteiger partial charge in [-0.2, -0.15) is 0 Å². The number of nitrogens with zero attached hydrogens (tertiary/aromatic N) is 1. The number of carbonyl (C=O) groups excluding carboxylic acids is 1. The molecule has 1 amide bonds. The lowest BCUT2D eigenvalue weighted by Crippen LogP contribution is -2.20. The third kappa shape index (κ3) is 5.11. The molecule has 2 rings (SSSR count). The molecular formula is C18H17ClN2O6. The van der Waals surface area contributed by atoms with E-state index < -0.39 is 10.8 Å². The summed E-state index contributed by atoms with van der Waals surface area (Å²) in [5.41, 5.74) is 0.679. The highest BCUT2D eigenvalue weighted by atomic mass is 35.5. The molecule has 0 atom stereocenters. The lowest BCUT2D eigenvalue weighted by molar-refractivity contribution is -0.384. The van der Waals surface area contributed by atoms with Gasteiger partial charge >= 0.3 is 0 Å². The lowest BCUT2D eigenvalue weighted by Gasteiger charge is -2.10. The molecule has 0 saturated heterocycles. The number of amides is 1. The normalized spacial score (nSPS) is 10.6. The minimum Gasteiger partial charge on any atom is -0.508 e. The van der Waals surface area contributed by atoms with Gasteiger partial charge in [0, 0.05) is 30.3 Å². The highest BCUT2D eigenvalue weighted by Crippen LogP contribution is 2.36. The molecule has 0 spiro atoms. The first-order valence-corrected chi connectivity index (χ1v) is 8.07. The zero-order valence-electron chi connectivity index (χ0n) is 14.6. The molecule has 0 aromatic heterocycles. The smallest absolute Gasteiger partial charge is 0.270 e. The van der Waals surface area contributed by atoms with Gasteiger partial charge in [0.25, 0.3) is 5.69 Å². The number of nitro groups is 1. The molecule has 0 unspecified atom stereocenters. The first-order chi connectivity index (χ1) is 12.8. The van der Waals surface area contributed by atoms with Gasteiger partial charge in [-0.1, -0.05) is 11.6 Å². The maximum absolute atomic E-state index is 12.0. The Morgan fingerprint density at radius 3 is 2.67 bits per heavy atom. The van der Waals surface area contributed by atoms with Gasteiger partial charge in [-0.05, 0) is 29.8 Å². The number of hydrogen-bond donors (Lipinski definition) is 2. The first kappa shape index (κ1) is 20.1. The Labute approximate surface area is 160 Å². The van der Waals surface area contributed by atoms with Crippen LogP contribution in [0.4, 0.5) is 5.69 Å². The van der Waals surface area contributed by atoms with Crippen LogP contribution in [-0.2, 0) is 11.3 Å². The molecule has 2 N–H and O–H groups in total. The van der Waals surface area contributed by atoms with Gasteiger partial charge in [0.2, 0.25) is 5.91 Å². The maximum atomic E-state index is 12.0. The van der Waals surface area contributed by atoms with Crippen LogP contribution in [0.3, 0.4) is 0 Å². The van der Waals surface area contributed by atoms with E-state index in [0.717, 1.165) is 0 Å². The summed E-state index contributed by atoms with van der Waals surface area (Å²) in [6.45, 7) is -0.0661. The predicted molar refractivity (Wildman–Crippen MR) is 100 cm³/mol. The molecule has 0 saturated carbocycles. The second-order valence-electron chi connectivity index (χ2n) is 5.36. The molecule has 8 nitrogen and oxygen atoms in total. The minimum absolute atomic E-state index is 0.0661. The van der Waals surface area contributed by atoms with Crippen LogP contribution in [-0.4, -0.2) is 30.2 Å². The predicted octanol–water partition coefficient (Wildman–Crippen LogP) is 3.30. The molecule has 0 aliphatic carbocycles. The van der Waals surface area contributed by atoms with Crippen molar-refractivity contribution in [3.63, 3.8) is 0 Å². The Morgan fingerprint density at radius 1 is 1.30 bits per heavy atom. The first-order valence-electron chi connectivity index (χ1n) is 7.69. The van der Waals surface area contributed by atoms with Crippen LogP contribution in [0.5, 0.6) is 17.2 Å². The molecule has 0 aliphatic rings. The van der Waals surface area contributed by atoms with Gasteiger partial charge < -0.3 is 19.9 Å². The number of carbonyl (C=O) groups is 1. The summed E-state index contributed by atoms with van der Waals surface area (Å²) in [6.07, 6.45) is 2.79. The third-order valence-corrected chi connectivity index (χ3v) is 3.89. The number of non-ortho nitro benzene ring substituents is 1. The monoisotopic (exact) mass is 392 g/mol. The van der Waals surface area contributed by atoms with Crippen molar-refractivity contribution in [1.82, 2.24) is 5.32 Å². The Kier molecular flexibility index (Phi) is 6.62. The fraction of sp³-hybridized carbons (Fsp3) is 0.167. The van der Waals surface area contributed by atoms with Crippen molar-refractivity contribution in [1.29, 1.82) is 0 Å². The van der Waals surface area contributed by atoms with Crippen molar-refractivity contribution < 1.29 is 24.3 Å². The van der Waals surface area contributed by atoms with Crippen LogP contribution in [0.1, 0.15) is 11.1 Å². The van der Waals surface area contributed by atoms with Crippen LogP contribution in [0.25, 0.3) is 6.08 Å². The summed E-state index contributed by atoms with van der Waals surface area (Å²) in [5.74, 6) is 0.219. The summed E-state index contributed by atoms with van der Waals surface area (Å²) in [5, 5.41) is 23.4. The molecule has 0 aliphatic heterocycles.